The quantitative estimate of drug-likeness (QED) is 0.834. The maximum atomic E-state index is 11.3. The zero-order valence-corrected chi connectivity index (χ0v) is 13.5. The minimum absolute atomic E-state index is 0.0433. The summed E-state index contributed by atoms with van der Waals surface area (Å²) in [6, 6.07) is 5.64. The van der Waals surface area contributed by atoms with Crippen LogP contribution in [0, 0.1) is 5.92 Å². The van der Waals surface area contributed by atoms with Gasteiger partial charge in [-0.25, -0.2) is 9.78 Å². The third kappa shape index (κ3) is 3.37. The molecule has 4 nitrogen and oxygen atoms in total. The second-order valence-corrected chi connectivity index (χ2v) is 6.63. The van der Waals surface area contributed by atoms with Crippen molar-refractivity contribution < 1.29 is 9.90 Å². The number of rotatable bonds is 5. The molecular formula is C14H15BrN2O2S. The Morgan fingerprint density at radius 1 is 1.50 bits per heavy atom. The Labute approximate surface area is 130 Å². The number of carboxylic acid groups (broad SMARTS) is 1. The fraction of sp³-hybridized carbons (Fsp3) is 0.286. The third-order valence-electron chi connectivity index (χ3n) is 2.89. The van der Waals surface area contributed by atoms with Crippen LogP contribution in [0.3, 0.4) is 0 Å². The van der Waals surface area contributed by atoms with Gasteiger partial charge in [-0.05, 0) is 39.4 Å². The molecule has 0 aliphatic heterocycles. The Hall–Kier alpha value is -1.40. The molecule has 20 heavy (non-hydrogen) atoms. The van der Waals surface area contributed by atoms with E-state index in [4.69, 9.17) is 0 Å². The molecular weight excluding hydrogens is 340 g/mol. The number of thiophene rings is 1. The average molecular weight is 355 g/mol. The smallest absolute Gasteiger partial charge is 0.339 e. The number of nitrogens with one attached hydrogen (secondary N) is 1. The summed E-state index contributed by atoms with van der Waals surface area (Å²) in [6.07, 6.45) is 1.60. The van der Waals surface area contributed by atoms with E-state index in [9.17, 15) is 9.90 Å². The number of hydrogen-bond acceptors (Lipinski definition) is 4. The lowest BCUT2D eigenvalue weighted by atomic mass is 10.0. The molecule has 2 aromatic rings. The molecule has 0 aliphatic rings. The maximum Gasteiger partial charge on any atom is 0.339 e. The van der Waals surface area contributed by atoms with Crippen LogP contribution in [0.4, 0.5) is 5.82 Å². The molecule has 0 bridgehead atoms. The van der Waals surface area contributed by atoms with Gasteiger partial charge in [0.05, 0.1) is 6.04 Å². The van der Waals surface area contributed by atoms with Gasteiger partial charge in [-0.2, -0.15) is 0 Å². The first-order valence-corrected chi connectivity index (χ1v) is 7.85. The zero-order valence-electron chi connectivity index (χ0n) is 11.1. The number of nitrogens with zero attached hydrogens (tertiary/aromatic N) is 1. The van der Waals surface area contributed by atoms with E-state index < -0.39 is 5.97 Å². The second kappa shape index (κ2) is 6.37. The predicted octanol–water partition coefficient (Wildman–Crippen LogP) is 4.41. The van der Waals surface area contributed by atoms with Gasteiger partial charge in [-0.3, -0.25) is 0 Å². The lowest BCUT2D eigenvalue weighted by Gasteiger charge is -2.22. The highest BCUT2D eigenvalue weighted by Gasteiger charge is 2.20. The largest absolute Gasteiger partial charge is 0.478 e. The van der Waals surface area contributed by atoms with Gasteiger partial charge in [-0.1, -0.05) is 19.9 Å². The minimum Gasteiger partial charge on any atom is -0.478 e. The SMILES string of the molecule is CC(C)C(Nc1ncc(Br)cc1C(=O)O)c1cccs1. The Morgan fingerprint density at radius 3 is 2.80 bits per heavy atom. The normalized spacial score (nSPS) is 12.4. The molecule has 0 spiro atoms. The monoisotopic (exact) mass is 354 g/mol. The van der Waals surface area contributed by atoms with Crippen LogP contribution in [0.1, 0.15) is 35.1 Å². The summed E-state index contributed by atoms with van der Waals surface area (Å²) in [5, 5.41) is 14.5. The van der Waals surface area contributed by atoms with E-state index in [1.807, 2.05) is 17.5 Å². The van der Waals surface area contributed by atoms with Crippen molar-refractivity contribution in [3.63, 3.8) is 0 Å². The number of aromatic nitrogens is 1. The van der Waals surface area contributed by atoms with E-state index in [0.717, 1.165) is 0 Å². The van der Waals surface area contributed by atoms with Crippen LogP contribution in [0.25, 0.3) is 0 Å². The summed E-state index contributed by atoms with van der Waals surface area (Å²) >= 11 is 4.90. The van der Waals surface area contributed by atoms with Gasteiger partial charge in [0.1, 0.15) is 11.4 Å². The molecule has 106 valence electrons. The Kier molecular flexibility index (Phi) is 4.77. The van der Waals surface area contributed by atoms with E-state index >= 15 is 0 Å². The molecule has 2 N–H and O–H groups in total. The molecule has 2 heterocycles. The average Bonchev–Trinajstić information content (AvgIpc) is 2.90. The molecule has 0 aliphatic carbocycles. The number of aromatic carboxylic acids is 1. The first-order chi connectivity index (χ1) is 9.49. The number of anilines is 1. The Balaban J connectivity index is 2.34. The van der Waals surface area contributed by atoms with Crippen molar-refractivity contribution in [2.45, 2.75) is 19.9 Å². The lowest BCUT2D eigenvalue weighted by Crippen LogP contribution is -2.18. The molecule has 1 atom stereocenters. The van der Waals surface area contributed by atoms with Gasteiger partial charge < -0.3 is 10.4 Å². The summed E-state index contributed by atoms with van der Waals surface area (Å²) in [5.41, 5.74) is 0.168. The molecule has 0 fully saturated rings. The molecule has 2 aromatic heterocycles. The van der Waals surface area contributed by atoms with Gasteiger partial charge in [0.15, 0.2) is 0 Å². The summed E-state index contributed by atoms with van der Waals surface area (Å²) in [6.45, 7) is 4.19. The van der Waals surface area contributed by atoms with Gasteiger partial charge in [0, 0.05) is 15.5 Å². The summed E-state index contributed by atoms with van der Waals surface area (Å²) < 4.78 is 0.651. The van der Waals surface area contributed by atoms with Crippen molar-refractivity contribution in [1.82, 2.24) is 4.98 Å². The zero-order chi connectivity index (χ0) is 14.7. The summed E-state index contributed by atoms with van der Waals surface area (Å²) in [4.78, 5) is 16.7. The van der Waals surface area contributed by atoms with Gasteiger partial charge in [0.2, 0.25) is 0 Å². The Morgan fingerprint density at radius 2 is 2.25 bits per heavy atom. The van der Waals surface area contributed by atoms with E-state index in [1.54, 1.807) is 23.6 Å². The molecule has 0 amide bonds. The van der Waals surface area contributed by atoms with Gasteiger partial charge >= 0.3 is 5.97 Å². The van der Waals surface area contributed by atoms with Gasteiger partial charge in [-0.15, -0.1) is 11.3 Å². The number of hydrogen-bond donors (Lipinski definition) is 2. The van der Waals surface area contributed by atoms with Gasteiger partial charge in [0.25, 0.3) is 0 Å². The van der Waals surface area contributed by atoms with Crippen LogP contribution in [0.2, 0.25) is 0 Å². The topological polar surface area (TPSA) is 62.2 Å². The number of halogens is 1. The predicted molar refractivity (Wildman–Crippen MR) is 84.4 cm³/mol. The van der Waals surface area contributed by atoms with E-state index in [1.165, 1.54) is 4.88 Å². The highest BCUT2D eigenvalue weighted by Crippen LogP contribution is 2.30. The molecule has 0 saturated heterocycles. The van der Waals surface area contributed by atoms with Crippen LogP contribution >= 0.6 is 27.3 Å². The Bertz CT molecular complexity index is 599. The second-order valence-electron chi connectivity index (χ2n) is 4.74. The van der Waals surface area contributed by atoms with Crippen molar-refractivity contribution in [2.24, 2.45) is 5.92 Å². The standard InChI is InChI=1S/C14H15BrN2O2S/c1-8(2)12(11-4-3-5-20-11)17-13-10(14(18)19)6-9(15)7-16-13/h3-8,12H,1-2H3,(H,16,17)(H,18,19). The molecule has 6 heteroatoms. The van der Waals surface area contributed by atoms with Crippen LogP contribution < -0.4 is 5.32 Å². The van der Waals surface area contributed by atoms with E-state index in [0.29, 0.717) is 16.2 Å². The number of carbonyl (C=O) groups is 1. The van der Waals surface area contributed by atoms with Crippen molar-refractivity contribution in [3.8, 4) is 0 Å². The highest BCUT2D eigenvalue weighted by atomic mass is 79.9. The minimum atomic E-state index is -0.991. The third-order valence-corrected chi connectivity index (χ3v) is 4.28. The first kappa shape index (κ1) is 15.0. The van der Waals surface area contributed by atoms with E-state index in [2.05, 4.69) is 40.1 Å². The van der Waals surface area contributed by atoms with Crippen molar-refractivity contribution in [1.29, 1.82) is 0 Å². The van der Waals surface area contributed by atoms with Crippen LogP contribution in [-0.4, -0.2) is 16.1 Å². The first-order valence-electron chi connectivity index (χ1n) is 6.18. The van der Waals surface area contributed by atoms with Crippen LogP contribution in [0.15, 0.2) is 34.2 Å². The van der Waals surface area contributed by atoms with Crippen molar-refractivity contribution in [2.75, 3.05) is 5.32 Å². The van der Waals surface area contributed by atoms with E-state index in [-0.39, 0.29) is 11.6 Å². The molecule has 0 saturated carbocycles. The highest BCUT2D eigenvalue weighted by molar-refractivity contribution is 9.10. The fourth-order valence-corrected chi connectivity index (χ4v) is 3.18. The molecule has 2 rings (SSSR count). The van der Waals surface area contributed by atoms with Crippen molar-refractivity contribution >= 4 is 39.1 Å². The summed E-state index contributed by atoms with van der Waals surface area (Å²) in [7, 11) is 0. The van der Waals surface area contributed by atoms with Crippen LogP contribution in [0.5, 0.6) is 0 Å². The fourth-order valence-electron chi connectivity index (χ4n) is 1.90. The lowest BCUT2D eigenvalue weighted by molar-refractivity contribution is 0.0697. The van der Waals surface area contributed by atoms with Crippen molar-refractivity contribution in [3.05, 3.63) is 44.7 Å². The number of pyridine rings is 1. The van der Waals surface area contributed by atoms with Crippen LogP contribution in [-0.2, 0) is 0 Å². The maximum absolute atomic E-state index is 11.3. The molecule has 0 aromatic carbocycles. The molecule has 1 unspecified atom stereocenters. The summed E-state index contributed by atoms with van der Waals surface area (Å²) in [5.74, 6) is -0.275. The number of carboxylic acids is 1. The molecule has 0 radical (unpaired) electrons.